The number of aryl methyl sites for hydroxylation is 1. The lowest BCUT2D eigenvalue weighted by molar-refractivity contribution is -0.137. The van der Waals surface area contributed by atoms with Gasteiger partial charge in [0.05, 0.1) is 5.56 Å². The number of hydrogen-bond acceptors (Lipinski definition) is 3. The molecule has 0 N–H and O–H groups in total. The average Bonchev–Trinajstić information content (AvgIpc) is 3.06. The summed E-state index contributed by atoms with van der Waals surface area (Å²) in [6.45, 7) is 3.05. The van der Waals surface area contributed by atoms with Crippen molar-refractivity contribution in [3.63, 3.8) is 0 Å². The van der Waals surface area contributed by atoms with Crippen LogP contribution in [-0.2, 0) is 6.18 Å². The minimum atomic E-state index is -4.43. The number of benzene rings is 1. The molecule has 5 nitrogen and oxygen atoms in total. The SMILES string of the molecule is Cc1ccc(C(=O)N2CCN(C(=O)c3ccc(C(F)(F)F)cc3)CC2)o1. The van der Waals surface area contributed by atoms with Crippen molar-refractivity contribution in [3.05, 3.63) is 59.0 Å². The standard InChI is InChI=1S/C18H17F3N2O3/c1-12-2-7-15(26-12)17(25)23-10-8-22(9-11-23)16(24)13-3-5-14(6-4-13)18(19,20)21/h2-7H,8-11H2,1H3. The second kappa shape index (κ2) is 6.86. The van der Waals surface area contributed by atoms with Crippen LogP contribution >= 0.6 is 0 Å². The molecule has 26 heavy (non-hydrogen) atoms. The molecule has 1 aromatic heterocycles. The molecular formula is C18H17F3N2O3. The second-order valence-electron chi connectivity index (χ2n) is 6.07. The zero-order valence-electron chi connectivity index (χ0n) is 14.0. The van der Waals surface area contributed by atoms with E-state index in [2.05, 4.69) is 0 Å². The molecular weight excluding hydrogens is 349 g/mol. The molecule has 138 valence electrons. The summed E-state index contributed by atoms with van der Waals surface area (Å²) in [5.74, 6) is 0.314. The number of furan rings is 1. The molecule has 0 unspecified atom stereocenters. The number of amides is 2. The van der Waals surface area contributed by atoms with Crippen molar-refractivity contribution in [1.29, 1.82) is 0 Å². The third-order valence-corrected chi connectivity index (χ3v) is 4.26. The van der Waals surface area contributed by atoms with Gasteiger partial charge in [-0.3, -0.25) is 9.59 Å². The fraction of sp³-hybridized carbons (Fsp3) is 0.333. The number of alkyl halides is 3. The molecule has 0 aliphatic carbocycles. The number of rotatable bonds is 2. The first-order valence-corrected chi connectivity index (χ1v) is 8.08. The molecule has 2 amide bonds. The Kier molecular flexibility index (Phi) is 4.76. The van der Waals surface area contributed by atoms with E-state index >= 15 is 0 Å². The molecule has 8 heteroatoms. The van der Waals surface area contributed by atoms with Crippen LogP contribution in [0.3, 0.4) is 0 Å². The van der Waals surface area contributed by atoms with Gasteiger partial charge >= 0.3 is 6.18 Å². The van der Waals surface area contributed by atoms with Crippen molar-refractivity contribution in [2.24, 2.45) is 0 Å². The van der Waals surface area contributed by atoms with Crippen LogP contribution < -0.4 is 0 Å². The average molecular weight is 366 g/mol. The van der Waals surface area contributed by atoms with Crippen molar-refractivity contribution in [1.82, 2.24) is 9.80 Å². The number of carbonyl (C=O) groups is 2. The van der Waals surface area contributed by atoms with Crippen molar-refractivity contribution >= 4 is 11.8 Å². The van der Waals surface area contributed by atoms with Gasteiger partial charge in [0.25, 0.3) is 11.8 Å². The molecule has 0 saturated carbocycles. The predicted molar refractivity (Wildman–Crippen MR) is 86.7 cm³/mol. The zero-order chi connectivity index (χ0) is 18.9. The molecule has 0 radical (unpaired) electrons. The molecule has 2 aromatic rings. The fourth-order valence-electron chi connectivity index (χ4n) is 2.80. The predicted octanol–water partition coefficient (Wildman–Crippen LogP) is 3.21. The Bertz CT molecular complexity index is 804. The largest absolute Gasteiger partial charge is 0.456 e. The molecule has 0 atom stereocenters. The van der Waals surface area contributed by atoms with Crippen molar-refractivity contribution in [3.8, 4) is 0 Å². The van der Waals surface area contributed by atoms with Crippen LogP contribution in [0, 0.1) is 6.92 Å². The third-order valence-electron chi connectivity index (χ3n) is 4.26. The number of piperazine rings is 1. The van der Waals surface area contributed by atoms with Crippen molar-refractivity contribution in [2.45, 2.75) is 13.1 Å². The lowest BCUT2D eigenvalue weighted by Gasteiger charge is -2.34. The molecule has 0 bridgehead atoms. The topological polar surface area (TPSA) is 53.8 Å². The van der Waals surface area contributed by atoms with Crippen LogP contribution in [0.1, 0.15) is 32.2 Å². The molecule has 1 aliphatic heterocycles. The summed E-state index contributed by atoms with van der Waals surface area (Å²) in [6, 6.07) is 7.45. The molecule has 2 heterocycles. The highest BCUT2D eigenvalue weighted by atomic mass is 19.4. The summed E-state index contributed by atoms with van der Waals surface area (Å²) in [5.41, 5.74) is -0.599. The van der Waals surface area contributed by atoms with Gasteiger partial charge in [-0.2, -0.15) is 13.2 Å². The quantitative estimate of drug-likeness (QED) is 0.820. The molecule has 1 fully saturated rings. The van der Waals surface area contributed by atoms with Crippen LogP contribution in [0.25, 0.3) is 0 Å². The normalized spacial score (nSPS) is 15.2. The lowest BCUT2D eigenvalue weighted by atomic mass is 10.1. The van der Waals surface area contributed by atoms with E-state index < -0.39 is 11.7 Å². The Hall–Kier alpha value is -2.77. The van der Waals surface area contributed by atoms with E-state index in [1.807, 2.05) is 0 Å². The van der Waals surface area contributed by atoms with Gasteiger partial charge in [-0.1, -0.05) is 0 Å². The highest BCUT2D eigenvalue weighted by molar-refractivity contribution is 5.95. The number of carbonyl (C=O) groups excluding carboxylic acids is 2. The maximum absolute atomic E-state index is 12.6. The Morgan fingerprint density at radius 2 is 1.42 bits per heavy atom. The van der Waals surface area contributed by atoms with E-state index in [4.69, 9.17) is 4.42 Å². The lowest BCUT2D eigenvalue weighted by Crippen LogP contribution is -2.50. The number of nitrogens with zero attached hydrogens (tertiary/aromatic N) is 2. The summed E-state index contributed by atoms with van der Waals surface area (Å²) in [4.78, 5) is 27.9. The van der Waals surface area contributed by atoms with Crippen LogP contribution in [-0.4, -0.2) is 47.8 Å². The van der Waals surface area contributed by atoms with Crippen LogP contribution in [0.2, 0.25) is 0 Å². The van der Waals surface area contributed by atoms with E-state index in [1.165, 1.54) is 17.0 Å². The summed E-state index contributed by atoms with van der Waals surface area (Å²) in [7, 11) is 0. The maximum atomic E-state index is 12.6. The summed E-state index contributed by atoms with van der Waals surface area (Å²) in [5, 5.41) is 0. The van der Waals surface area contributed by atoms with Crippen molar-refractivity contribution < 1.29 is 27.2 Å². The first kappa shape index (κ1) is 18.0. The van der Waals surface area contributed by atoms with Gasteiger partial charge in [0.1, 0.15) is 5.76 Å². The second-order valence-corrected chi connectivity index (χ2v) is 6.07. The zero-order valence-corrected chi connectivity index (χ0v) is 14.0. The van der Waals surface area contributed by atoms with Gasteiger partial charge in [0, 0.05) is 31.7 Å². The maximum Gasteiger partial charge on any atom is 0.416 e. The summed E-state index contributed by atoms with van der Waals surface area (Å²) >= 11 is 0. The smallest absolute Gasteiger partial charge is 0.416 e. The monoisotopic (exact) mass is 366 g/mol. The van der Waals surface area contributed by atoms with Gasteiger partial charge in [-0.15, -0.1) is 0 Å². The molecule has 1 aromatic carbocycles. The first-order chi connectivity index (χ1) is 12.3. The molecule has 3 rings (SSSR count). The number of hydrogen-bond donors (Lipinski definition) is 0. The Morgan fingerprint density at radius 3 is 1.88 bits per heavy atom. The van der Waals surface area contributed by atoms with Gasteiger partial charge < -0.3 is 14.2 Å². The number of halogens is 3. The summed E-state index contributed by atoms with van der Waals surface area (Å²) in [6.07, 6.45) is -4.43. The van der Waals surface area contributed by atoms with E-state index in [1.54, 1.807) is 24.0 Å². The molecule has 1 aliphatic rings. The minimum absolute atomic E-state index is 0.194. The van der Waals surface area contributed by atoms with E-state index in [-0.39, 0.29) is 23.1 Å². The van der Waals surface area contributed by atoms with Gasteiger partial charge in [-0.05, 0) is 43.3 Å². The Balaban J connectivity index is 1.61. The van der Waals surface area contributed by atoms with Crippen LogP contribution in [0.5, 0.6) is 0 Å². The van der Waals surface area contributed by atoms with Gasteiger partial charge in [0.15, 0.2) is 5.76 Å². The summed E-state index contributed by atoms with van der Waals surface area (Å²) < 4.78 is 43.1. The minimum Gasteiger partial charge on any atom is -0.456 e. The Labute approximate surface area is 148 Å². The van der Waals surface area contributed by atoms with Crippen molar-refractivity contribution in [2.75, 3.05) is 26.2 Å². The third kappa shape index (κ3) is 3.74. The van der Waals surface area contributed by atoms with Crippen LogP contribution in [0.15, 0.2) is 40.8 Å². The van der Waals surface area contributed by atoms with Gasteiger partial charge in [-0.25, -0.2) is 0 Å². The highest BCUT2D eigenvalue weighted by Gasteiger charge is 2.31. The van der Waals surface area contributed by atoms with Gasteiger partial charge in [0.2, 0.25) is 0 Å². The molecule has 1 saturated heterocycles. The Morgan fingerprint density at radius 1 is 0.885 bits per heavy atom. The first-order valence-electron chi connectivity index (χ1n) is 8.08. The van der Waals surface area contributed by atoms with E-state index in [9.17, 15) is 22.8 Å². The van der Waals surface area contributed by atoms with Crippen LogP contribution in [0.4, 0.5) is 13.2 Å². The molecule has 0 spiro atoms. The van der Waals surface area contributed by atoms with E-state index in [0.29, 0.717) is 31.9 Å². The highest BCUT2D eigenvalue weighted by Crippen LogP contribution is 2.29. The van der Waals surface area contributed by atoms with E-state index in [0.717, 1.165) is 12.1 Å². The fourth-order valence-corrected chi connectivity index (χ4v) is 2.80.